The quantitative estimate of drug-likeness (QED) is 0.231. The summed E-state index contributed by atoms with van der Waals surface area (Å²) in [4.78, 5) is 0. The Morgan fingerprint density at radius 1 is 0.471 bits per heavy atom. The maximum absolute atomic E-state index is 2.30. The fourth-order valence-electron chi connectivity index (χ4n) is 4.38. The van der Waals surface area contributed by atoms with E-state index in [4.69, 9.17) is 0 Å². The van der Waals surface area contributed by atoms with Crippen LogP contribution in [0.1, 0.15) is 0 Å². The molecule has 0 saturated heterocycles. The summed E-state index contributed by atoms with van der Waals surface area (Å²) in [6, 6.07) is 34.8. The molecule has 6 rings (SSSR count). The third-order valence-electron chi connectivity index (χ3n) is 5.97. The lowest BCUT2D eigenvalue weighted by Gasteiger charge is -2.16. The second-order valence-electron chi connectivity index (χ2n) is 8.07. The van der Waals surface area contributed by atoms with E-state index >= 15 is 0 Å². The lowest BCUT2D eigenvalue weighted by Crippen LogP contribution is -2.30. The van der Waals surface area contributed by atoms with E-state index in [1.165, 1.54) is 33.4 Å². The highest BCUT2D eigenvalue weighted by Gasteiger charge is 2.21. The van der Waals surface area contributed by atoms with Gasteiger partial charge in [0.1, 0.15) is 0 Å². The lowest BCUT2D eigenvalue weighted by atomic mass is 9.87. The monoisotopic (exact) mass is 474 g/mol. The van der Waals surface area contributed by atoms with Crippen molar-refractivity contribution in [3.63, 3.8) is 0 Å². The first-order valence-electron chi connectivity index (χ1n) is 11.1. The second-order valence-corrected chi connectivity index (χ2v) is 9.58. The molecule has 0 aliphatic carbocycles. The van der Waals surface area contributed by atoms with Gasteiger partial charge in [-0.2, -0.15) is 9.13 Å². The highest BCUT2D eigenvalue weighted by molar-refractivity contribution is 7.07. The molecule has 0 bridgehead atoms. The molecule has 0 spiro atoms. The molecule has 6 aromatic rings. The van der Waals surface area contributed by atoms with Gasteiger partial charge in [0.25, 0.3) is 0 Å². The zero-order chi connectivity index (χ0) is 22.7. The van der Waals surface area contributed by atoms with Gasteiger partial charge in [0.05, 0.1) is 16.8 Å². The number of hydrogen-bond acceptors (Lipinski definition) is 2. The van der Waals surface area contributed by atoms with Gasteiger partial charge in [-0.1, -0.05) is 102 Å². The minimum absolute atomic E-state index is 1.15. The molecular weight excluding hydrogens is 452 g/mol. The van der Waals surface area contributed by atoms with Crippen molar-refractivity contribution < 1.29 is 9.13 Å². The largest absolute Gasteiger partial charge is 0.230 e. The van der Waals surface area contributed by atoms with Gasteiger partial charge in [-0.05, 0) is 33.4 Å². The van der Waals surface area contributed by atoms with E-state index in [2.05, 4.69) is 140 Å². The molecule has 0 saturated carbocycles. The van der Waals surface area contributed by atoms with Crippen molar-refractivity contribution in [1.82, 2.24) is 0 Å². The molecule has 0 N–H and O–H groups in total. The van der Waals surface area contributed by atoms with E-state index in [0.717, 1.165) is 11.4 Å². The summed E-state index contributed by atoms with van der Waals surface area (Å²) in [6.07, 6.45) is 4.24. The van der Waals surface area contributed by atoms with Crippen molar-refractivity contribution in [2.45, 2.75) is 0 Å². The fraction of sp³-hybridized carbons (Fsp3) is 0. The predicted molar refractivity (Wildman–Crippen MR) is 142 cm³/mol. The number of hydrogen-bond donors (Lipinski definition) is 0. The van der Waals surface area contributed by atoms with Crippen LogP contribution in [0.3, 0.4) is 0 Å². The SMILES string of the molecule is c1ccc(-c2cccc(-c3ccccc3)c2-c2cc(-[n+]3ccsc3)cc(-[n+]3ccsc3)c2)cc1. The van der Waals surface area contributed by atoms with E-state index in [-0.39, 0.29) is 0 Å². The van der Waals surface area contributed by atoms with Gasteiger partial charge < -0.3 is 0 Å². The Labute approximate surface area is 207 Å². The Morgan fingerprint density at radius 2 is 0.971 bits per heavy atom. The standard InChI is InChI=1S/C30H22N2S2/c1-3-8-23(9-4-1)28-12-7-13-29(24-10-5-2-6-11-24)30(28)25-18-26(31-14-16-33-21-31)20-27(19-25)32-15-17-34-22-32/h1-22H/q+2. The highest BCUT2D eigenvalue weighted by Crippen LogP contribution is 2.40. The average Bonchev–Trinajstić information content (AvgIpc) is 3.64. The summed E-state index contributed by atoms with van der Waals surface area (Å²) in [5.74, 6) is 0. The summed E-state index contributed by atoms with van der Waals surface area (Å²) < 4.78 is 4.38. The Morgan fingerprint density at radius 3 is 1.41 bits per heavy atom. The Bertz CT molecular complexity index is 1410. The molecular formula is C30H22N2S2+2. The maximum Gasteiger partial charge on any atom is 0.230 e. The number of nitrogens with zero attached hydrogens (tertiary/aromatic N) is 2. The molecule has 0 atom stereocenters. The van der Waals surface area contributed by atoms with Crippen LogP contribution in [0.25, 0.3) is 44.8 Å². The number of aromatic nitrogens is 2. The first-order valence-corrected chi connectivity index (χ1v) is 13.0. The third-order valence-corrected chi connectivity index (χ3v) is 7.23. The normalized spacial score (nSPS) is 10.9. The molecule has 0 amide bonds. The smallest absolute Gasteiger partial charge is 0.157 e. The van der Waals surface area contributed by atoms with Gasteiger partial charge >= 0.3 is 0 Å². The van der Waals surface area contributed by atoms with E-state index in [1.807, 2.05) is 0 Å². The van der Waals surface area contributed by atoms with Gasteiger partial charge in [0.2, 0.25) is 22.4 Å². The summed E-state index contributed by atoms with van der Waals surface area (Å²) in [7, 11) is 0. The summed E-state index contributed by atoms with van der Waals surface area (Å²) >= 11 is 3.40. The van der Waals surface area contributed by atoms with Gasteiger partial charge in [-0.15, -0.1) is 0 Å². The average molecular weight is 475 g/mol. The fourth-order valence-corrected chi connectivity index (χ4v) is 5.57. The molecule has 34 heavy (non-hydrogen) atoms. The molecule has 2 aromatic heterocycles. The van der Waals surface area contributed by atoms with Gasteiger partial charge in [0.15, 0.2) is 12.4 Å². The summed E-state index contributed by atoms with van der Waals surface area (Å²) in [6.45, 7) is 0. The maximum atomic E-state index is 2.30. The summed E-state index contributed by atoms with van der Waals surface area (Å²) in [5.41, 5.74) is 13.9. The Balaban J connectivity index is 1.67. The molecule has 0 aliphatic rings. The van der Waals surface area contributed by atoms with Gasteiger partial charge in [0, 0.05) is 12.1 Å². The van der Waals surface area contributed by atoms with Crippen LogP contribution in [0.2, 0.25) is 0 Å². The van der Waals surface area contributed by atoms with E-state index in [0.29, 0.717) is 0 Å². The van der Waals surface area contributed by atoms with Crippen LogP contribution in [0.15, 0.2) is 131 Å². The van der Waals surface area contributed by atoms with Crippen LogP contribution in [0.5, 0.6) is 0 Å². The molecule has 0 aliphatic heterocycles. The van der Waals surface area contributed by atoms with Crippen molar-refractivity contribution in [3.05, 3.63) is 131 Å². The first kappa shape index (κ1) is 20.7. The first-order chi connectivity index (χ1) is 16.9. The van der Waals surface area contributed by atoms with Gasteiger partial charge in [-0.25, -0.2) is 0 Å². The van der Waals surface area contributed by atoms with Gasteiger partial charge in [-0.3, -0.25) is 0 Å². The number of rotatable bonds is 5. The molecule has 2 heterocycles. The third kappa shape index (κ3) is 3.98. The molecule has 0 unspecified atom stereocenters. The van der Waals surface area contributed by atoms with Crippen LogP contribution in [0, 0.1) is 0 Å². The van der Waals surface area contributed by atoms with Crippen molar-refractivity contribution in [2.24, 2.45) is 0 Å². The van der Waals surface area contributed by atoms with E-state index in [1.54, 1.807) is 22.7 Å². The van der Waals surface area contributed by atoms with Crippen molar-refractivity contribution >= 4 is 22.7 Å². The zero-order valence-electron chi connectivity index (χ0n) is 18.4. The molecule has 0 fully saturated rings. The van der Waals surface area contributed by atoms with E-state index < -0.39 is 0 Å². The molecule has 162 valence electrons. The Kier molecular flexibility index (Phi) is 5.60. The second kappa shape index (κ2) is 9.18. The topological polar surface area (TPSA) is 7.76 Å². The highest BCUT2D eigenvalue weighted by atomic mass is 32.1. The molecule has 4 heteroatoms. The van der Waals surface area contributed by atoms with Crippen molar-refractivity contribution in [3.8, 4) is 44.8 Å². The van der Waals surface area contributed by atoms with Crippen LogP contribution >= 0.6 is 22.7 Å². The molecule has 0 radical (unpaired) electrons. The Hall–Kier alpha value is -3.86. The zero-order valence-corrected chi connectivity index (χ0v) is 20.0. The molecule has 4 aromatic carbocycles. The van der Waals surface area contributed by atoms with Crippen molar-refractivity contribution in [2.75, 3.05) is 0 Å². The van der Waals surface area contributed by atoms with E-state index in [9.17, 15) is 0 Å². The lowest BCUT2D eigenvalue weighted by molar-refractivity contribution is -0.598. The number of benzene rings is 4. The van der Waals surface area contributed by atoms with Crippen LogP contribution in [-0.2, 0) is 0 Å². The van der Waals surface area contributed by atoms with Crippen LogP contribution in [0.4, 0.5) is 0 Å². The minimum atomic E-state index is 1.15. The van der Waals surface area contributed by atoms with Crippen LogP contribution in [-0.4, -0.2) is 0 Å². The summed E-state index contributed by atoms with van der Waals surface area (Å²) in [5, 5.41) is 4.22. The van der Waals surface area contributed by atoms with Crippen LogP contribution < -0.4 is 9.13 Å². The minimum Gasteiger partial charge on any atom is -0.157 e. The predicted octanol–water partition coefficient (Wildman–Crippen LogP) is 7.36. The number of thiazole rings is 2. The van der Waals surface area contributed by atoms with Crippen molar-refractivity contribution in [1.29, 1.82) is 0 Å². The molecule has 2 nitrogen and oxygen atoms in total.